The first-order chi connectivity index (χ1) is 10.6. The highest BCUT2D eigenvalue weighted by molar-refractivity contribution is 5.94. The molecule has 128 valence electrons. The van der Waals surface area contributed by atoms with E-state index in [9.17, 15) is 9.59 Å². The lowest BCUT2D eigenvalue weighted by molar-refractivity contribution is -0.162. The Hall–Kier alpha value is -1.06. The molecule has 0 N–H and O–H groups in total. The summed E-state index contributed by atoms with van der Waals surface area (Å²) in [6.45, 7) is 6.37. The standard InChI is InChI=1S/C18H32O4/c1-4-7-14-8-10-15(11-9-14)12-13-16(17(19)21-5-2)18(20)22-6-3/h14-16H,4-13H2,1-3H3/t14-,15-. The van der Waals surface area contributed by atoms with Crippen molar-refractivity contribution in [1.29, 1.82) is 0 Å². The molecule has 0 aromatic carbocycles. The lowest BCUT2D eigenvalue weighted by atomic mass is 9.77. The third kappa shape index (κ3) is 6.37. The van der Waals surface area contributed by atoms with Crippen LogP contribution in [0.15, 0.2) is 0 Å². The SMILES string of the molecule is CCC[C@H]1CC[C@H](CCC(C(=O)OCC)C(=O)OCC)CC1. The zero-order valence-corrected chi connectivity index (χ0v) is 14.4. The van der Waals surface area contributed by atoms with Crippen LogP contribution in [0.1, 0.15) is 72.1 Å². The van der Waals surface area contributed by atoms with Gasteiger partial charge in [-0.1, -0.05) is 45.4 Å². The molecule has 1 aliphatic carbocycles. The van der Waals surface area contributed by atoms with Gasteiger partial charge < -0.3 is 9.47 Å². The summed E-state index contributed by atoms with van der Waals surface area (Å²) >= 11 is 0. The Balaban J connectivity index is 2.43. The van der Waals surface area contributed by atoms with Crippen molar-refractivity contribution in [2.45, 2.75) is 72.1 Å². The van der Waals surface area contributed by atoms with Gasteiger partial charge in [0.1, 0.15) is 0 Å². The molecule has 0 heterocycles. The van der Waals surface area contributed by atoms with Gasteiger partial charge in [-0.15, -0.1) is 0 Å². The molecule has 1 saturated carbocycles. The highest BCUT2D eigenvalue weighted by Crippen LogP contribution is 2.34. The minimum absolute atomic E-state index is 0.302. The van der Waals surface area contributed by atoms with Crippen molar-refractivity contribution in [2.24, 2.45) is 17.8 Å². The smallest absolute Gasteiger partial charge is 0.320 e. The number of rotatable bonds is 9. The van der Waals surface area contributed by atoms with Crippen LogP contribution in [-0.2, 0) is 19.1 Å². The van der Waals surface area contributed by atoms with Gasteiger partial charge in [-0.2, -0.15) is 0 Å². The number of carbonyl (C=O) groups excluding carboxylic acids is 2. The van der Waals surface area contributed by atoms with Gasteiger partial charge in [-0.05, 0) is 38.5 Å². The molecule has 4 nitrogen and oxygen atoms in total. The second-order valence-corrected chi connectivity index (χ2v) is 6.31. The molecule has 1 aliphatic rings. The highest BCUT2D eigenvalue weighted by atomic mass is 16.6. The van der Waals surface area contributed by atoms with Gasteiger partial charge in [0.25, 0.3) is 0 Å². The maximum atomic E-state index is 11.9. The molecule has 0 aliphatic heterocycles. The van der Waals surface area contributed by atoms with Crippen LogP contribution in [0, 0.1) is 17.8 Å². The summed E-state index contributed by atoms with van der Waals surface area (Å²) in [6, 6.07) is 0. The van der Waals surface area contributed by atoms with E-state index in [0.29, 0.717) is 25.6 Å². The fraction of sp³-hybridized carbons (Fsp3) is 0.889. The first kappa shape index (κ1) is 19.0. The number of esters is 2. The van der Waals surface area contributed by atoms with Gasteiger partial charge in [0.2, 0.25) is 0 Å². The maximum Gasteiger partial charge on any atom is 0.320 e. The molecule has 0 bridgehead atoms. The van der Waals surface area contributed by atoms with E-state index in [1.807, 2.05) is 0 Å². The van der Waals surface area contributed by atoms with Crippen LogP contribution in [0.5, 0.6) is 0 Å². The molecule has 0 radical (unpaired) electrons. The Morgan fingerprint density at radius 1 is 0.864 bits per heavy atom. The van der Waals surface area contributed by atoms with Crippen LogP contribution in [0.2, 0.25) is 0 Å². The summed E-state index contributed by atoms with van der Waals surface area (Å²) in [6.07, 6.45) is 9.11. The summed E-state index contributed by atoms with van der Waals surface area (Å²) in [5.41, 5.74) is 0. The van der Waals surface area contributed by atoms with Crippen molar-refractivity contribution in [2.75, 3.05) is 13.2 Å². The van der Waals surface area contributed by atoms with E-state index in [4.69, 9.17) is 9.47 Å². The van der Waals surface area contributed by atoms with Gasteiger partial charge in [0.05, 0.1) is 13.2 Å². The van der Waals surface area contributed by atoms with E-state index in [2.05, 4.69) is 6.92 Å². The van der Waals surface area contributed by atoms with E-state index in [0.717, 1.165) is 12.3 Å². The van der Waals surface area contributed by atoms with Gasteiger partial charge in [-0.3, -0.25) is 9.59 Å². The molecule has 0 amide bonds. The lowest BCUT2D eigenvalue weighted by Crippen LogP contribution is -2.29. The molecular weight excluding hydrogens is 280 g/mol. The van der Waals surface area contributed by atoms with Crippen LogP contribution in [0.4, 0.5) is 0 Å². The Bertz CT molecular complexity index is 314. The molecule has 1 rings (SSSR count). The normalized spacial score (nSPS) is 21.6. The van der Waals surface area contributed by atoms with E-state index in [-0.39, 0.29) is 0 Å². The minimum Gasteiger partial charge on any atom is -0.465 e. The predicted octanol–water partition coefficient (Wildman–Crippen LogP) is 4.12. The molecule has 0 atom stereocenters. The zero-order valence-electron chi connectivity index (χ0n) is 14.4. The van der Waals surface area contributed by atoms with Gasteiger partial charge in [0, 0.05) is 0 Å². The average molecular weight is 312 g/mol. The van der Waals surface area contributed by atoms with E-state index >= 15 is 0 Å². The van der Waals surface area contributed by atoms with Crippen LogP contribution >= 0.6 is 0 Å². The fourth-order valence-electron chi connectivity index (χ4n) is 3.44. The molecule has 0 saturated heterocycles. The molecule has 1 fully saturated rings. The fourth-order valence-corrected chi connectivity index (χ4v) is 3.44. The molecule has 0 spiro atoms. The first-order valence-electron chi connectivity index (χ1n) is 8.95. The molecule has 0 aromatic heterocycles. The van der Waals surface area contributed by atoms with Gasteiger partial charge in [-0.25, -0.2) is 0 Å². The summed E-state index contributed by atoms with van der Waals surface area (Å²) in [7, 11) is 0. The second kappa shape index (κ2) is 10.6. The Kier molecular flexibility index (Phi) is 9.17. The Morgan fingerprint density at radius 3 is 1.73 bits per heavy atom. The zero-order chi connectivity index (χ0) is 16.4. The van der Waals surface area contributed by atoms with E-state index < -0.39 is 17.9 Å². The second-order valence-electron chi connectivity index (χ2n) is 6.31. The van der Waals surface area contributed by atoms with E-state index in [1.54, 1.807) is 13.8 Å². The molecule has 0 aromatic rings. The van der Waals surface area contributed by atoms with Crippen LogP contribution in [-0.4, -0.2) is 25.2 Å². The lowest BCUT2D eigenvalue weighted by Gasteiger charge is -2.28. The summed E-state index contributed by atoms with van der Waals surface area (Å²) in [5.74, 6) is -0.0823. The van der Waals surface area contributed by atoms with Gasteiger partial charge >= 0.3 is 11.9 Å². The summed E-state index contributed by atoms with van der Waals surface area (Å²) < 4.78 is 10.0. The monoisotopic (exact) mass is 312 g/mol. The minimum atomic E-state index is -0.742. The maximum absolute atomic E-state index is 11.9. The van der Waals surface area contributed by atoms with Crippen LogP contribution < -0.4 is 0 Å². The van der Waals surface area contributed by atoms with Crippen molar-refractivity contribution < 1.29 is 19.1 Å². The molecule has 4 heteroatoms. The van der Waals surface area contributed by atoms with E-state index in [1.165, 1.54) is 38.5 Å². The van der Waals surface area contributed by atoms with Crippen molar-refractivity contribution in [1.82, 2.24) is 0 Å². The van der Waals surface area contributed by atoms with Crippen molar-refractivity contribution in [3.63, 3.8) is 0 Å². The third-order valence-electron chi connectivity index (χ3n) is 4.67. The number of hydrogen-bond acceptors (Lipinski definition) is 4. The van der Waals surface area contributed by atoms with Crippen molar-refractivity contribution in [3.05, 3.63) is 0 Å². The number of hydrogen-bond donors (Lipinski definition) is 0. The molecular formula is C18H32O4. The van der Waals surface area contributed by atoms with Gasteiger partial charge in [0.15, 0.2) is 5.92 Å². The summed E-state index contributed by atoms with van der Waals surface area (Å²) in [5, 5.41) is 0. The Morgan fingerprint density at radius 2 is 1.32 bits per heavy atom. The van der Waals surface area contributed by atoms with Crippen molar-refractivity contribution >= 4 is 11.9 Å². The number of ether oxygens (including phenoxy) is 2. The highest BCUT2D eigenvalue weighted by Gasteiger charge is 2.31. The largest absolute Gasteiger partial charge is 0.465 e. The predicted molar refractivity (Wildman–Crippen MR) is 86.3 cm³/mol. The topological polar surface area (TPSA) is 52.6 Å². The molecule has 0 unspecified atom stereocenters. The first-order valence-corrected chi connectivity index (χ1v) is 8.95. The van der Waals surface area contributed by atoms with Crippen LogP contribution in [0.25, 0.3) is 0 Å². The summed E-state index contributed by atoms with van der Waals surface area (Å²) in [4.78, 5) is 23.9. The number of carbonyl (C=O) groups is 2. The average Bonchev–Trinajstić information content (AvgIpc) is 2.50. The quantitative estimate of drug-likeness (QED) is 0.475. The van der Waals surface area contributed by atoms with Crippen molar-refractivity contribution in [3.8, 4) is 0 Å². The third-order valence-corrected chi connectivity index (χ3v) is 4.67. The van der Waals surface area contributed by atoms with Crippen LogP contribution in [0.3, 0.4) is 0 Å². The Labute approximate surface area is 134 Å². The molecule has 22 heavy (non-hydrogen) atoms.